The van der Waals surface area contributed by atoms with Crippen molar-refractivity contribution in [2.24, 2.45) is 0 Å². The highest BCUT2D eigenvalue weighted by Gasteiger charge is 2.37. The molecule has 2 amide bonds. The minimum atomic E-state index is -0.807. The van der Waals surface area contributed by atoms with Gasteiger partial charge in [0.05, 0.1) is 28.1 Å². The second-order valence-corrected chi connectivity index (χ2v) is 8.17. The summed E-state index contributed by atoms with van der Waals surface area (Å²) in [4.78, 5) is 66.7. The van der Waals surface area contributed by atoms with E-state index in [1.54, 1.807) is 39.0 Å². The lowest BCUT2D eigenvalue weighted by atomic mass is 10.1. The number of benzene rings is 2. The smallest absolute Gasteiger partial charge is 0.338 e. The summed E-state index contributed by atoms with van der Waals surface area (Å²) in [6.45, 7) is 6.01. The van der Waals surface area contributed by atoms with E-state index in [2.05, 4.69) is 4.98 Å². The molecule has 2 aromatic carbocycles. The van der Waals surface area contributed by atoms with Gasteiger partial charge in [0.1, 0.15) is 0 Å². The highest BCUT2D eigenvalue weighted by molar-refractivity contribution is 6.35. The lowest BCUT2D eigenvalue weighted by Gasteiger charge is -2.16. The summed E-state index contributed by atoms with van der Waals surface area (Å²) in [6, 6.07) is 11.1. The van der Waals surface area contributed by atoms with Crippen LogP contribution in [0, 0.1) is 20.8 Å². The van der Waals surface area contributed by atoms with Crippen molar-refractivity contribution in [2.45, 2.75) is 27.7 Å². The van der Waals surface area contributed by atoms with Crippen LogP contribution in [0.15, 0.2) is 42.5 Å². The van der Waals surface area contributed by atoms with Crippen LogP contribution in [0.1, 0.15) is 75.7 Å². The summed E-state index contributed by atoms with van der Waals surface area (Å²) in [5, 5.41) is 0. The Balaban J connectivity index is 1.52. The number of aromatic nitrogens is 1. The molecule has 0 unspecified atom stereocenters. The van der Waals surface area contributed by atoms with E-state index in [1.807, 2.05) is 6.07 Å². The average molecular weight is 458 g/mol. The van der Waals surface area contributed by atoms with Gasteiger partial charge in [0.15, 0.2) is 12.4 Å². The topological polar surface area (TPSA) is 114 Å². The zero-order chi connectivity index (χ0) is 24.7. The maximum atomic E-state index is 13.0. The first-order chi connectivity index (χ1) is 16.1. The van der Waals surface area contributed by atoms with Gasteiger partial charge in [0, 0.05) is 11.3 Å². The number of imide groups is 1. The Morgan fingerprint density at radius 3 is 2.26 bits per heavy atom. The Labute approximate surface area is 195 Å². The number of fused-ring (bicyclic) bond motifs is 1. The monoisotopic (exact) mass is 458 g/mol. The quantitative estimate of drug-likeness (QED) is 0.340. The molecule has 0 fully saturated rings. The maximum Gasteiger partial charge on any atom is 0.338 e. The normalized spacial score (nSPS) is 12.6. The number of carbonyl (C=O) groups is 5. The molecule has 0 atom stereocenters. The second-order valence-electron chi connectivity index (χ2n) is 8.17. The highest BCUT2D eigenvalue weighted by Crippen LogP contribution is 2.31. The van der Waals surface area contributed by atoms with E-state index < -0.39 is 30.2 Å². The minimum absolute atomic E-state index is 0.0446. The van der Waals surface area contributed by atoms with Crippen molar-refractivity contribution in [1.82, 2.24) is 4.98 Å². The van der Waals surface area contributed by atoms with Gasteiger partial charge < -0.3 is 9.72 Å². The summed E-state index contributed by atoms with van der Waals surface area (Å²) in [6.07, 6.45) is 0. The van der Waals surface area contributed by atoms with Crippen LogP contribution in [0.5, 0.6) is 0 Å². The third-order valence-corrected chi connectivity index (χ3v) is 5.88. The number of anilines is 1. The number of ketones is 2. The number of ether oxygens (including phenoxy) is 1. The Kier molecular flexibility index (Phi) is 5.75. The number of hydrogen-bond donors (Lipinski definition) is 1. The molecule has 172 valence electrons. The zero-order valence-electron chi connectivity index (χ0n) is 19.1. The number of amides is 2. The molecule has 0 spiro atoms. The molecule has 34 heavy (non-hydrogen) atoms. The number of Topliss-reactive ketones (excluding diaryl/α,β-unsaturated/α-hetero) is 2. The maximum absolute atomic E-state index is 13.0. The minimum Gasteiger partial charge on any atom is -0.454 e. The summed E-state index contributed by atoms with van der Waals surface area (Å²) in [5.41, 5.74) is 3.29. The number of aryl methyl sites for hydroxylation is 2. The molecule has 1 N–H and O–H groups in total. The number of hydrogen-bond acceptors (Lipinski definition) is 6. The Morgan fingerprint density at radius 1 is 0.941 bits per heavy atom. The van der Waals surface area contributed by atoms with Gasteiger partial charge in [-0.15, -0.1) is 0 Å². The van der Waals surface area contributed by atoms with Crippen molar-refractivity contribution < 1.29 is 28.7 Å². The van der Waals surface area contributed by atoms with Crippen LogP contribution in [0.3, 0.4) is 0 Å². The molecule has 1 aliphatic rings. The molecule has 2 heterocycles. The van der Waals surface area contributed by atoms with Crippen molar-refractivity contribution in [1.29, 1.82) is 0 Å². The predicted molar refractivity (Wildman–Crippen MR) is 124 cm³/mol. The van der Waals surface area contributed by atoms with E-state index in [1.165, 1.54) is 25.1 Å². The van der Waals surface area contributed by atoms with Crippen LogP contribution < -0.4 is 4.90 Å². The number of para-hydroxylation sites is 1. The first-order valence-electron chi connectivity index (χ1n) is 10.6. The van der Waals surface area contributed by atoms with E-state index in [4.69, 9.17) is 4.74 Å². The van der Waals surface area contributed by atoms with Crippen molar-refractivity contribution in [2.75, 3.05) is 11.5 Å². The van der Waals surface area contributed by atoms with Gasteiger partial charge in [-0.1, -0.05) is 18.2 Å². The molecule has 0 aliphatic carbocycles. The van der Waals surface area contributed by atoms with E-state index >= 15 is 0 Å². The van der Waals surface area contributed by atoms with Crippen LogP contribution in [0.25, 0.3) is 0 Å². The van der Waals surface area contributed by atoms with Crippen molar-refractivity contribution in [3.63, 3.8) is 0 Å². The standard InChI is InChI=1S/C26H22N2O6/c1-13-7-5-6-8-20(13)28-24(31)18-10-9-17(11-19(18)25(28)32)26(33)34-12-21(30)23-14(2)22(16(4)29)15(3)27-23/h5-11,27H,12H2,1-4H3. The fourth-order valence-corrected chi connectivity index (χ4v) is 4.24. The van der Waals surface area contributed by atoms with E-state index in [-0.39, 0.29) is 28.2 Å². The third kappa shape index (κ3) is 3.73. The van der Waals surface area contributed by atoms with E-state index in [0.29, 0.717) is 22.5 Å². The lowest BCUT2D eigenvalue weighted by Crippen LogP contribution is -2.29. The molecule has 1 aliphatic heterocycles. The van der Waals surface area contributed by atoms with Crippen LogP contribution in [0.2, 0.25) is 0 Å². The fourth-order valence-electron chi connectivity index (χ4n) is 4.24. The molecule has 1 aromatic heterocycles. The molecule has 3 aromatic rings. The van der Waals surface area contributed by atoms with Crippen LogP contribution in [0.4, 0.5) is 5.69 Å². The molecule has 0 saturated carbocycles. The summed E-state index contributed by atoms with van der Waals surface area (Å²) >= 11 is 0. The van der Waals surface area contributed by atoms with E-state index in [9.17, 15) is 24.0 Å². The predicted octanol–water partition coefficient (Wildman–Crippen LogP) is 3.98. The Bertz CT molecular complexity index is 1400. The molecule has 0 bridgehead atoms. The first-order valence-corrected chi connectivity index (χ1v) is 10.6. The van der Waals surface area contributed by atoms with Crippen LogP contribution in [-0.2, 0) is 4.74 Å². The SMILES string of the molecule is CC(=O)c1c(C)[nH]c(C(=O)COC(=O)c2ccc3c(c2)C(=O)N(c2ccccc2C)C3=O)c1C. The second kappa shape index (κ2) is 8.55. The number of esters is 1. The molecule has 0 saturated heterocycles. The zero-order valence-corrected chi connectivity index (χ0v) is 19.1. The third-order valence-electron chi connectivity index (χ3n) is 5.88. The summed E-state index contributed by atoms with van der Waals surface area (Å²) in [7, 11) is 0. The Hall–Kier alpha value is -4.33. The number of rotatable bonds is 6. The van der Waals surface area contributed by atoms with Gasteiger partial charge in [-0.25, -0.2) is 9.69 Å². The van der Waals surface area contributed by atoms with Gasteiger partial charge in [0.2, 0.25) is 5.78 Å². The molecule has 8 heteroatoms. The summed E-state index contributed by atoms with van der Waals surface area (Å²) in [5.74, 6) is -2.46. The Morgan fingerprint density at radius 2 is 1.62 bits per heavy atom. The van der Waals surface area contributed by atoms with Crippen molar-refractivity contribution >= 4 is 35.0 Å². The van der Waals surface area contributed by atoms with Gasteiger partial charge in [-0.05, 0) is 63.1 Å². The van der Waals surface area contributed by atoms with Crippen LogP contribution in [-0.4, -0.2) is 40.9 Å². The lowest BCUT2D eigenvalue weighted by molar-refractivity contribution is 0.0473. The summed E-state index contributed by atoms with van der Waals surface area (Å²) < 4.78 is 5.16. The van der Waals surface area contributed by atoms with Gasteiger partial charge in [-0.2, -0.15) is 0 Å². The van der Waals surface area contributed by atoms with E-state index in [0.717, 1.165) is 10.5 Å². The molecule has 8 nitrogen and oxygen atoms in total. The van der Waals surface area contributed by atoms with Gasteiger partial charge in [0.25, 0.3) is 11.8 Å². The fraction of sp³-hybridized carbons (Fsp3) is 0.192. The number of carbonyl (C=O) groups excluding carboxylic acids is 5. The molecule has 4 rings (SSSR count). The largest absolute Gasteiger partial charge is 0.454 e. The highest BCUT2D eigenvalue weighted by atomic mass is 16.5. The van der Waals surface area contributed by atoms with Gasteiger partial charge >= 0.3 is 5.97 Å². The average Bonchev–Trinajstić information content (AvgIpc) is 3.24. The molecular formula is C26H22N2O6. The molecular weight excluding hydrogens is 436 g/mol. The number of H-pyrrole nitrogens is 1. The van der Waals surface area contributed by atoms with Crippen LogP contribution >= 0.6 is 0 Å². The number of nitrogens with one attached hydrogen (secondary N) is 1. The molecule has 0 radical (unpaired) electrons. The van der Waals surface area contributed by atoms with Crippen molar-refractivity contribution in [3.8, 4) is 0 Å². The van der Waals surface area contributed by atoms with Gasteiger partial charge in [-0.3, -0.25) is 19.2 Å². The number of aromatic amines is 1. The first kappa shape index (κ1) is 22.8. The van der Waals surface area contributed by atoms with Crippen molar-refractivity contribution in [3.05, 3.63) is 87.2 Å². The number of nitrogens with zero attached hydrogens (tertiary/aromatic N) is 1.